The Hall–Kier alpha value is -1.41. The highest BCUT2D eigenvalue weighted by Crippen LogP contribution is 2.23. The Morgan fingerprint density at radius 1 is 1.16 bits per heavy atom. The van der Waals surface area contributed by atoms with Crippen molar-refractivity contribution in [2.75, 3.05) is 14.1 Å². The molecule has 134 valence electrons. The predicted molar refractivity (Wildman–Crippen MR) is 102 cm³/mol. The Labute approximate surface area is 161 Å². The molecule has 0 heterocycles. The van der Waals surface area contributed by atoms with Crippen molar-refractivity contribution in [1.29, 1.82) is 0 Å². The van der Waals surface area contributed by atoms with E-state index >= 15 is 0 Å². The molecule has 0 radical (unpaired) electrons. The average Bonchev–Trinajstić information content (AvgIpc) is 2.56. The van der Waals surface area contributed by atoms with Crippen molar-refractivity contribution in [1.82, 2.24) is 9.62 Å². The first-order chi connectivity index (χ1) is 11.6. The molecule has 0 saturated carbocycles. The quantitative estimate of drug-likeness (QED) is 0.760. The van der Waals surface area contributed by atoms with E-state index in [2.05, 4.69) is 21.2 Å². The smallest absolute Gasteiger partial charge is 0.253 e. The van der Waals surface area contributed by atoms with Crippen molar-refractivity contribution in [3.8, 4) is 0 Å². The van der Waals surface area contributed by atoms with Crippen LogP contribution in [0.3, 0.4) is 0 Å². The number of rotatable bonds is 5. The van der Waals surface area contributed by atoms with Crippen LogP contribution in [0.4, 0.5) is 0 Å². The second kappa shape index (κ2) is 7.86. The molecule has 0 spiro atoms. The largest absolute Gasteiger partial charge is 0.345 e. The minimum atomic E-state index is -3.47. The Morgan fingerprint density at radius 2 is 1.76 bits per heavy atom. The van der Waals surface area contributed by atoms with Crippen LogP contribution in [0.1, 0.15) is 28.9 Å². The molecule has 2 rings (SSSR count). The highest BCUT2D eigenvalue weighted by atomic mass is 79.9. The third-order valence-corrected chi connectivity index (χ3v) is 6.33. The molecule has 0 aliphatic carbocycles. The van der Waals surface area contributed by atoms with Gasteiger partial charge in [-0.25, -0.2) is 12.7 Å². The molecule has 0 aromatic heterocycles. The second-order valence-electron chi connectivity index (χ2n) is 5.68. The summed E-state index contributed by atoms with van der Waals surface area (Å²) < 4.78 is 26.1. The number of amides is 1. The lowest BCUT2D eigenvalue weighted by atomic mass is 10.1. The van der Waals surface area contributed by atoms with E-state index in [0.29, 0.717) is 10.6 Å². The van der Waals surface area contributed by atoms with Crippen molar-refractivity contribution >= 4 is 43.5 Å². The van der Waals surface area contributed by atoms with E-state index in [9.17, 15) is 13.2 Å². The van der Waals surface area contributed by atoms with Crippen LogP contribution < -0.4 is 5.32 Å². The maximum Gasteiger partial charge on any atom is 0.253 e. The van der Waals surface area contributed by atoms with Crippen LogP contribution in [0.5, 0.6) is 0 Å². The maximum absolute atomic E-state index is 12.4. The monoisotopic (exact) mass is 444 g/mol. The zero-order chi connectivity index (χ0) is 18.8. The van der Waals surface area contributed by atoms with Gasteiger partial charge in [-0.3, -0.25) is 4.79 Å². The van der Waals surface area contributed by atoms with Gasteiger partial charge in [-0.2, -0.15) is 0 Å². The fourth-order valence-corrected chi connectivity index (χ4v) is 3.63. The molecule has 2 aromatic rings. The zero-order valence-electron chi connectivity index (χ0n) is 14.0. The van der Waals surface area contributed by atoms with Gasteiger partial charge in [-0.1, -0.05) is 39.7 Å². The van der Waals surface area contributed by atoms with Crippen LogP contribution in [-0.4, -0.2) is 32.7 Å². The number of carbonyl (C=O) groups is 1. The summed E-state index contributed by atoms with van der Waals surface area (Å²) in [5, 5.41) is 3.22. The van der Waals surface area contributed by atoms with E-state index in [1.165, 1.54) is 26.2 Å². The van der Waals surface area contributed by atoms with Gasteiger partial charge in [-0.05, 0) is 42.8 Å². The molecule has 2 aromatic carbocycles. The van der Waals surface area contributed by atoms with Gasteiger partial charge in [0.15, 0.2) is 0 Å². The standard InChI is InChI=1S/C17H18BrClN2O3S/c1-11(20-17(22)15-10-13(18)6-9-16(15)19)12-4-7-14(8-5-12)25(23,24)21(2)3/h4-11H,1-3H3,(H,20,22). The minimum absolute atomic E-state index is 0.204. The summed E-state index contributed by atoms with van der Waals surface area (Å²) in [4.78, 5) is 12.6. The number of halogens is 2. The molecule has 0 saturated heterocycles. The first-order valence-corrected chi connectivity index (χ1v) is 10.0. The first-order valence-electron chi connectivity index (χ1n) is 7.41. The summed E-state index contributed by atoms with van der Waals surface area (Å²) >= 11 is 9.38. The Kier molecular flexibility index (Phi) is 6.26. The van der Waals surface area contributed by atoms with Crippen molar-refractivity contribution in [3.05, 3.63) is 63.1 Å². The molecule has 25 heavy (non-hydrogen) atoms. The number of nitrogens with one attached hydrogen (secondary N) is 1. The topological polar surface area (TPSA) is 66.5 Å². The fraction of sp³-hybridized carbons (Fsp3) is 0.235. The number of nitrogens with zero attached hydrogens (tertiary/aromatic N) is 1. The van der Waals surface area contributed by atoms with Crippen molar-refractivity contribution in [2.45, 2.75) is 17.9 Å². The SMILES string of the molecule is CC(NC(=O)c1cc(Br)ccc1Cl)c1ccc(S(=O)(=O)N(C)C)cc1. The molecular weight excluding hydrogens is 428 g/mol. The molecular formula is C17H18BrClN2O3S. The highest BCUT2D eigenvalue weighted by molar-refractivity contribution is 9.10. The molecule has 1 atom stereocenters. The molecule has 1 unspecified atom stereocenters. The third-order valence-electron chi connectivity index (χ3n) is 3.68. The lowest BCUT2D eigenvalue weighted by Gasteiger charge is -2.16. The maximum atomic E-state index is 12.4. The van der Waals surface area contributed by atoms with Gasteiger partial charge in [-0.15, -0.1) is 0 Å². The van der Waals surface area contributed by atoms with Crippen LogP contribution >= 0.6 is 27.5 Å². The molecule has 0 aliphatic rings. The van der Waals surface area contributed by atoms with Crippen LogP contribution in [-0.2, 0) is 10.0 Å². The Bertz CT molecular complexity index is 883. The van der Waals surface area contributed by atoms with Gasteiger partial charge in [0, 0.05) is 18.6 Å². The minimum Gasteiger partial charge on any atom is -0.345 e. The summed E-state index contributed by atoms with van der Waals surface area (Å²) in [6, 6.07) is 11.2. The van der Waals surface area contributed by atoms with E-state index in [1.807, 2.05) is 6.92 Å². The van der Waals surface area contributed by atoms with Crippen molar-refractivity contribution in [3.63, 3.8) is 0 Å². The lowest BCUT2D eigenvalue weighted by molar-refractivity contribution is 0.0940. The number of hydrogen-bond acceptors (Lipinski definition) is 3. The van der Waals surface area contributed by atoms with Gasteiger partial charge in [0.05, 0.1) is 21.5 Å². The van der Waals surface area contributed by atoms with E-state index in [-0.39, 0.29) is 16.8 Å². The van der Waals surface area contributed by atoms with Gasteiger partial charge in [0.2, 0.25) is 10.0 Å². The summed E-state index contributed by atoms with van der Waals surface area (Å²) in [6.45, 7) is 1.82. The predicted octanol–water partition coefficient (Wildman–Crippen LogP) is 3.84. The second-order valence-corrected chi connectivity index (χ2v) is 9.15. The third kappa shape index (κ3) is 4.61. The molecule has 0 aliphatic heterocycles. The van der Waals surface area contributed by atoms with Gasteiger partial charge in [0.25, 0.3) is 5.91 Å². The van der Waals surface area contributed by atoms with Crippen LogP contribution in [0.25, 0.3) is 0 Å². The molecule has 8 heteroatoms. The van der Waals surface area contributed by atoms with Gasteiger partial charge >= 0.3 is 0 Å². The molecule has 1 N–H and O–H groups in total. The van der Waals surface area contributed by atoms with Crippen LogP contribution in [0.15, 0.2) is 51.8 Å². The number of benzene rings is 2. The molecule has 0 bridgehead atoms. The molecule has 5 nitrogen and oxygen atoms in total. The lowest BCUT2D eigenvalue weighted by Crippen LogP contribution is -2.27. The zero-order valence-corrected chi connectivity index (χ0v) is 17.1. The van der Waals surface area contributed by atoms with Gasteiger partial charge < -0.3 is 5.32 Å². The van der Waals surface area contributed by atoms with Crippen molar-refractivity contribution in [2.24, 2.45) is 0 Å². The Balaban J connectivity index is 2.17. The first kappa shape index (κ1) is 19.9. The van der Waals surface area contributed by atoms with E-state index in [4.69, 9.17) is 11.6 Å². The number of sulfonamides is 1. The normalized spacial score (nSPS) is 12.9. The summed E-state index contributed by atoms with van der Waals surface area (Å²) in [6.07, 6.45) is 0. The van der Waals surface area contributed by atoms with E-state index in [0.717, 1.165) is 14.3 Å². The molecule has 0 fully saturated rings. The van der Waals surface area contributed by atoms with E-state index in [1.54, 1.807) is 30.3 Å². The van der Waals surface area contributed by atoms with E-state index < -0.39 is 10.0 Å². The van der Waals surface area contributed by atoms with Crippen LogP contribution in [0.2, 0.25) is 5.02 Å². The average molecular weight is 446 g/mol. The molecule has 1 amide bonds. The fourth-order valence-electron chi connectivity index (χ4n) is 2.17. The number of carbonyl (C=O) groups excluding carboxylic acids is 1. The van der Waals surface area contributed by atoms with Crippen LogP contribution in [0, 0.1) is 0 Å². The van der Waals surface area contributed by atoms with Crippen molar-refractivity contribution < 1.29 is 13.2 Å². The highest BCUT2D eigenvalue weighted by Gasteiger charge is 2.18. The number of hydrogen-bond donors (Lipinski definition) is 1. The summed E-state index contributed by atoms with van der Waals surface area (Å²) in [7, 11) is -0.512. The Morgan fingerprint density at radius 3 is 2.32 bits per heavy atom. The summed E-state index contributed by atoms with van der Waals surface area (Å²) in [5.74, 6) is -0.302. The van der Waals surface area contributed by atoms with Gasteiger partial charge in [0.1, 0.15) is 0 Å². The summed E-state index contributed by atoms with van der Waals surface area (Å²) in [5.41, 5.74) is 1.16.